The van der Waals surface area contributed by atoms with E-state index < -0.39 is 0 Å². The first kappa shape index (κ1) is 32.1. The second-order valence-corrected chi connectivity index (χ2v) is 12.8. The lowest BCUT2D eigenvalue weighted by Gasteiger charge is -2.44. The molecule has 2 aliphatic heterocycles. The molecular formula is C36H41Cl2N3O3. The number of hydrogen-bond acceptors (Lipinski definition) is 4. The van der Waals surface area contributed by atoms with Gasteiger partial charge in [0, 0.05) is 50.2 Å². The minimum atomic E-state index is -0.209. The maximum Gasteiger partial charge on any atom is 0.251 e. The number of fused-ring (bicyclic) bond motifs is 2. The van der Waals surface area contributed by atoms with Crippen LogP contribution in [0.2, 0.25) is 10.0 Å². The number of amides is 2. The topological polar surface area (TPSA) is 61.9 Å². The predicted molar refractivity (Wildman–Crippen MR) is 178 cm³/mol. The van der Waals surface area contributed by atoms with Gasteiger partial charge in [-0.05, 0) is 72.1 Å². The van der Waals surface area contributed by atoms with Gasteiger partial charge in [0.15, 0.2) is 0 Å². The summed E-state index contributed by atoms with van der Waals surface area (Å²) in [5, 5.41) is 5.02. The number of benzene rings is 3. The molecule has 2 aliphatic rings. The Bertz CT molecular complexity index is 1510. The van der Waals surface area contributed by atoms with Gasteiger partial charge in [-0.3, -0.25) is 9.59 Å². The van der Waals surface area contributed by atoms with Crippen molar-refractivity contribution in [2.45, 2.75) is 57.5 Å². The number of carbonyl (C=O) groups excluding carboxylic acids is 2. The number of para-hydroxylation sites is 1. The molecule has 3 aromatic rings. The van der Waals surface area contributed by atoms with Gasteiger partial charge in [0.2, 0.25) is 5.91 Å². The van der Waals surface area contributed by atoms with Gasteiger partial charge in [0.05, 0.1) is 17.7 Å². The molecule has 8 heteroatoms. The van der Waals surface area contributed by atoms with Crippen LogP contribution in [-0.2, 0) is 16.0 Å². The third-order valence-electron chi connectivity index (χ3n) is 8.77. The van der Waals surface area contributed by atoms with E-state index in [-0.39, 0.29) is 29.8 Å². The number of rotatable bonds is 11. The molecule has 232 valence electrons. The van der Waals surface area contributed by atoms with Crippen molar-refractivity contribution in [2.75, 3.05) is 33.3 Å². The van der Waals surface area contributed by atoms with E-state index in [2.05, 4.69) is 42.6 Å². The average molecular weight is 635 g/mol. The highest BCUT2D eigenvalue weighted by molar-refractivity contribution is 6.32. The van der Waals surface area contributed by atoms with Crippen LogP contribution in [0.15, 0.2) is 78.4 Å². The number of ether oxygens (including phenoxy) is 1. The fourth-order valence-electron chi connectivity index (χ4n) is 6.24. The van der Waals surface area contributed by atoms with Gasteiger partial charge in [-0.15, -0.1) is 0 Å². The van der Waals surface area contributed by atoms with Crippen LogP contribution in [0.3, 0.4) is 0 Å². The zero-order chi connectivity index (χ0) is 31.2. The average Bonchev–Trinajstić information content (AvgIpc) is 3.02. The van der Waals surface area contributed by atoms with Gasteiger partial charge in [-0.1, -0.05) is 84.7 Å². The molecule has 0 spiro atoms. The summed E-state index contributed by atoms with van der Waals surface area (Å²) in [4.78, 5) is 30.2. The fourth-order valence-corrected chi connectivity index (χ4v) is 6.75. The molecule has 0 saturated carbocycles. The molecule has 2 amide bonds. The number of likely N-dealkylation sites (N-methyl/N-ethyl adjacent to an activating group) is 1. The second-order valence-electron chi connectivity index (χ2n) is 12.0. The molecule has 2 heterocycles. The van der Waals surface area contributed by atoms with Crippen molar-refractivity contribution in [3.63, 3.8) is 0 Å². The SMILES string of the molecule is CC(=O)N1C[C@H]2CC(c3ccc(CCCOc4ccccc4Cl)cc3)=C(C(=O)N(C)CC[C@@H](C)c3ccccc3Cl)[C@@H](C1)N2. The van der Waals surface area contributed by atoms with Crippen LogP contribution in [0.4, 0.5) is 0 Å². The summed E-state index contributed by atoms with van der Waals surface area (Å²) in [6.45, 7) is 6.07. The van der Waals surface area contributed by atoms with Crippen LogP contribution in [0.25, 0.3) is 5.57 Å². The van der Waals surface area contributed by atoms with E-state index in [1.54, 1.807) is 6.92 Å². The van der Waals surface area contributed by atoms with Crippen molar-refractivity contribution >= 4 is 40.6 Å². The molecule has 1 N–H and O–H groups in total. The molecule has 3 aromatic carbocycles. The minimum Gasteiger partial charge on any atom is -0.492 e. The highest BCUT2D eigenvalue weighted by Crippen LogP contribution is 2.35. The molecule has 6 nitrogen and oxygen atoms in total. The van der Waals surface area contributed by atoms with Crippen molar-refractivity contribution in [3.05, 3.63) is 105 Å². The number of carbonyl (C=O) groups is 2. The first-order valence-corrected chi connectivity index (χ1v) is 16.2. The van der Waals surface area contributed by atoms with E-state index in [4.69, 9.17) is 27.9 Å². The number of piperazine rings is 1. The summed E-state index contributed by atoms with van der Waals surface area (Å²) in [6, 6.07) is 23.9. The molecule has 44 heavy (non-hydrogen) atoms. The maximum absolute atomic E-state index is 14.1. The number of halogens is 2. The van der Waals surface area contributed by atoms with Crippen LogP contribution in [0.5, 0.6) is 5.75 Å². The molecule has 1 fully saturated rings. The van der Waals surface area contributed by atoms with Crippen LogP contribution < -0.4 is 10.1 Å². The predicted octanol–water partition coefficient (Wildman–Crippen LogP) is 7.00. The van der Waals surface area contributed by atoms with E-state index in [0.29, 0.717) is 43.4 Å². The zero-order valence-corrected chi connectivity index (χ0v) is 27.2. The minimum absolute atomic E-state index is 0.00788. The van der Waals surface area contributed by atoms with Crippen molar-refractivity contribution in [1.82, 2.24) is 15.1 Å². The Balaban J connectivity index is 1.30. The lowest BCUT2D eigenvalue weighted by atomic mass is 9.82. The molecule has 0 radical (unpaired) electrons. The molecule has 0 unspecified atom stereocenters. The number of nitrogens with zero attached hydrogens (tertiary/aromatic N) is 2. The van der Waals surface area contributed by atoms with Crippen LogP contribution >= 0.6 is 23.2 Å². The van der Waals surface area contributed by atoms with Crippen LogP contribution in [0, 0.1) is 0 Å². The van der Waals surface area contributed by atoms with E-state index in [1.807, 2.05) is 59.3 Å². The molecule has 2 bridgehead atoms. The zero-order valence-electron chi connectivity index (χ0n) is 25.7. The van der Waals surface area contributed by atoms with Crippen molar-refractivity contribution in [1.29, 1.82) is 0 Å². The summed E-state index contributed by atoms with van der Waals surface area (Å²) >= 11 is 12.6. The summed E-state index contributed by atoms with van der Waals surface area (Å²) in [6.07, 6.45) is 3.23. The highest BCUT2D eigenvalue weighted by Gasteiger charge is 2.39. The normalized spacial score (nSPS) is 18.6. The van der Waals surface area contributed by atoms with Gasteiger partial charge >= 0.3 is 0 Å². The lowest BCUT2D eigenvalue weighted by molar-refractivity contribution is -0.132. The molecule has 0 aliphatic carbocycles. The number of nitrogens with one attached hydrogen (secondary N) is 1. The summed E-state index contributed by atoms with van der Waals surface area (Å²) in [7, 11) is 1.87. The quantitative estimate of drug-likeness (QED) is 0.231. The molecular weight excluding hydrogens is 593 g/mol. The Morgan fingerprint density at radius 2 is 1.70 bits per heavy atom. The Morgan fingerprint density at radius 3 is 2.41 bits per heavy atom. The Kier molecular flexibility index (Phi) is 10.7. The third-order valence-corrected chi connectivity index (χ3v) is 9.42. The molecule has 0 aromatic heterocycles. The summed E-state index contributed by atoms with van der Waals surface area (Å²) in [5.41, 5.74) is 5.21. The van der Waals surface area contributed by atoms with Gasteiger partial charge in [0.25, 0.3) is 5.91 Å². The van der Waals surface area contributed by atoms with Crippen molar-refractivity contribution in [2.24, 2.45) is 0 Å². The second kappa shape index (κ2) is 14.6. The molecule has 1 saturated heterocycles. The molecule has 3 atom stereocenters. The van der Waals surface area contributed by atoms with Gasteiger partial charge in [-0.25, -0.2) is 0 Å². The highest BCUT2D eigenvalue weighted by atomic mass is 35.5. The monoisotopic (exact) mass is 633 g/mol. The van der Waals surface area contributed by atoms with E-state index >= 15 is 0 Å². The standard InChI is InChI=1S/C36H41Cl2N3O3/c1-24(29-10-4-5-11-31(29)37)18-19-40(3)36(43)35-30(21-28-22-41(25(2)42)23-33(35)39-28)27-16-14-26(15-17-27)9-8-20-44-34-13-7-6-12-32(34)38/h4-7,10-17,24,28,33,39H,8-9,18-23H2,1-3H3/t24-,28-,33-/m1/s1. The van der Waals surface area contributed by atoms with E-state index in [1.165, 1.54) is 5.56 Å². The number of aryl methyl sites for hydroxylation is 1. The Morgan fingerprint density at radius 1 is 1.00 bits per heavy atom. The fraction of sp³-hybridized carbons (Fsp3) is 0.389. The van der Waals surface area contributed by atoms with Gasteiger partial charge < -0.3 is 19.9 Å². The first-order valence-electron chi connectivity index (χ1n) is 15.4. The van der Waals surface area contributed by atoms with Crippen molar-refractivity contribution < 1.29 is 14.3 Å². The Hall–Kier alpha value is -3.32. The summed E-state index contributed by atoms with van der Waals surface area (Å²) < 4.78 is 5.85. The van der Waals surface area contributed by atoms with E-state index in [9.17, 15) is 9.59 Å². The molecule has 5 rings (SSSR count). The smallest absolute Gasteiger partial charge is 0.251 e. The number of hydrogen-bond donors (Lipinski definition) is 1. The summed E-state index contributed by atoms with van der Waals surface area (Å²) in [5.74, 6) is 0.971. The van der Waals surface area contributed by atoms with Crippen LogP contribution in [0.1, 0.15) is 55.7 Å². The Labute approximate surface area is 271 Å². The largest absolute Gasteiger partial charge is 0.492 e. The van der Waals surface area contributed by atoms with Crippen LogP contribution in [-0.4, -0.2) is 67.0 Å². The van der Waals surface area contributed by atoms with Gasteiger partial charge in [-0.2, -0.15) is 0 Å². The lowest BCUT2D eigenvalue weighted by Crippen LogP contribution is -2.61. The third kappa shape index (κ3) is 7.66. The van der Waals surface area contributed by atoms with E-state index in [0.717, 1.165) is 46.6 Å². The first-order chi connectivity index (χ1) is 21.2. The van der Waals surface area contributed by atoms with Gasteiger partial charge in [0.1, 0.15) is 5.75 Å². The maximum atomic E-state index is 14.1. The van der Waals surface area contributed by atoms with Crippen molar-refractivity contribution in [3.8, 4) is 5.75 Å².